The summed E-state index contributed by atoms with van der Waals surface area (Å²) in [6.45, 7) is 5.14. The number of fused-ring (bicyclic) bond motifs is 1. The number of rotatable bonds is 4. The van der Waals surface area contributed by atoms with Crippen LogP contribution in [0.3, 0.4) is 0 Å². The van der Waals surface area contributed by atoms with Crippen molar-refractivity contribution in [3.05, 3.63) is 60.5 Å². The van der Waals surface area contributed by atoms with Crippen LogP contribution >= 0.6 is 0 Å². The molecule has 7 nitrogen and oxygen atoms in total. The standard InChI is InChI=1S/C22H23N3O4/c1-15-13-24(22(27)17-7-4-3-5-8-17)11-12-25(15)21(26)16(2)29-19-10-6-9-18-20(19)23-14-28-18/h3-10,14-16H,11-13H2,1-2H3/t15-,16?/m1/s1. The molecule has 0 radical (unpaired) electrons. The molecular formula is C22H23N3O4. The van der Waals surface area contributed by atoms with Gasteiger partial charge in [-0.3, -0.25) is 9.59 Å². The van der Waals surface area contributed by atoms with E-state index in [4.69, 9.17) is 9.15 Å². The molecule has 0 N–H and O–H groups in total. The third-order valence-corrected chi connectivity index (χ3v) is 5.19. The summed E-state index contributed by atoms with van der Waals surface area (Å²) in [5, 5.41) is 0. The van der Waals surface area contributed by atoms with Crippen LogP contribution in [-0.2, 0) is 4.79 Å². The number of amides is 2. The number of ether oxygens (including phenoxy) is 1. The van der Waals surface area contributed by atoms with Gasteiger partial charge in [-0.1, -0.05) is 24.3 Å². The van der Waals surface area contributed by atoms with Crippen molar-refractivity contribution in [2.75, 3.05) is 19.6 Å². The van der Waals surface area contributed by atoms with E-state index >= 15 is 0 Å². The van der Waals surface area contributed by atoms with Gasteiger partial charge in [0.15, 0.2) is 23.6 Å². The maximum atomic E-state index is 13.0. The van der Waals surface area contributed by atoms with Crippen molar-refractivity contribution in [3.63, 3.8) is 0 Å². The Kier molecular flexibility index (Phi) is 5.20. The number of hydrogen-bond acceptors (Lipinski definition) is 5. The highest BCUT2D eigenvalue weighted by Gasteiger charge is 2.33. The number of benzene rings is 2. The van der Waals surface area contributed by atoms with E-state index in [0.717, 1.165) is 0 Å². The van der Waals surface area contributed by atoms with Crippen LogP contribution in [0.15, 0.2) is 59.3 Å². The third kappa shape index (κ3) is 3.81. The second-order valence-electron chi connectivity index (χ2n) is 7.21. The molecule has 2 heterocycles. The second kappa shape index (κ2) is 7.95. The molecule has 0 aliphatic carbocycles. The summed E-state index contributed by atoms with van der Waals surface area (Å²) in [6, 6.07) is 14.5. The number of carbonyl (C=O) groups is 2. The molecule has 0 saturated carbocycles. The fraction of sp³-hybridized carbons (Fsp3) is 0.318. The lowest BCUT2D eigenvalue weighted by atomic mass is 10.1. The van der Waals surface area contributed by atoms with E-state index in [-0.39, 0.29) is 17.9 Å². The molecule has 1 saturated heterocycles. The molecule has 1 fully saturated rings. The Bertz CT molecular complexity index is 1020. The van der Waals surface area contributed by atoms with E-state index in [1.165, 1.54) is 6.39 Å². The summed E-state index contributed by atoms with van der Waals surface area (Å²) in [4.78, 5) is 33.4. The molecule has 1 aromatic heterocycles. The van der Waals surface area contributed by atoms with Crippen LogP contribution in [0.25, 0.3) is 11.1 Å². The van der Waals surface area contributed by atoms with Crippen molar-refractivity contribution < 1.29 is 18.7 Å². The Morgan fingerprint density at radius 2 is 1.93 bits per heavy atom. The lowest BCUT2D eigenvalue weighted by Crippen LogP contribution is -2.57. The van der Waals surface area contributed by atoms with Crippen molar-refractivity contribution in [2.24, 2.45) is 0 Å². The first-order valence-electron chi connectivity index (χ1n) is 9.68. The normalized spacial score (nSPS) is 17.9. The quantitative estimate of drug-likeness (QED) is 0.681. The number of nitrogens with zero attached hydrogens (tertiary/aromatic N) is 3. The molecule has 4 rings (SSSR count). The van der Waals surface area contributed by atoms with Gasteiger partial charge in [0.1, 0.15) is 5.75 Å². The van der Waals surface area contributed by atoms with Crippen LogP contribution in [0, 0.1) is 0 Å². The van der Waals surface area contributed by atoms with Crippen LogP contribution in [0.2, 0.25) is 0 Å². The zero-order valence-electron chi connectivity index (χ0n) is 16.4. The highest BCUT2D eigenvalue weighted by Crippen LogP contribution is 2.25. The average Bonchev–Trinajstić information content (AvgIpc) is 3.23. The summed E-state index contributed by atoms with van der Waals surface area (Å²) < 4.78 is 11.2. The van der Waals surface area contributed by atoms with E-state index < -0.39 is 6.10 Å². The molecule has 1 unspecified atom stereocenters. The van der Waals surface area contributed by atoms with Gasteiger partial charge in [0, 0.05) is 31.2 Å². The molecular weight excluding hydrogens is 370 g/mol. The highest BCUT2D eigenvalue weighted by molar-refractivity contribution is 5.94. The number of piperazine rings is 1. The van der Waals surface area contributed by atoms with E-state index in [0.29, 0.717) is 42.0 Å². The fourth-order valence-corrected chi connectivity index (χ4v) is 3.66. The number of aromatic nitrogens is 1. The predicted octanol–water partition coefficient (Wildman–Crippen LogP) is 2.97. The summed E-state index contributed by atoms with van der Waals surface area (Å²) >= 11 is 0. The summed E-state index contributed by atoms with van der Waals surface area (Å²) in [5.74, 6) is 0.402. The van der Waals surface area contributed by atoms with E-state index in [9.17, 15) is 9.59 Å². The smallest absolute Gasteiger partial charge is 0.263 e. The van der Waals surface area contributed by atoms with Crippen LogP contribution < -0.4 is 4.74 Å². The molecule has 150 valence electrons. The lowest BCUT2D eigenvalue weighted by molar-refractivity contribution is -0.142. The van der Waals surface area contributed by atoms with E-state index in [1.807, 2.05) is 37.3 Å². The van der Waals surface area contributed by atoms with Gasteiger partial charge in [0.25, 0.3) is 11.8 Å². The zero-order valence-corrected chi connectivity index (χ0v) is 16.4. The Hall–Kier alpha value is -3.35. The molecule has 1 aliphatic rings. The molecule has 1 aliphatic heterocycles. The molecule has 0 spiro atoms. The molecule has 2 aromatic carbocycles. The Morgan fingerprint density at radius 1 is 1.14 bits per heavy atom. The Labute approximate surface area is 168 Å². The van der Waals surface area contributed by atoms with Gasteiger partial charge in [-0.15, -0.1) is 0 Å². The van der Waals surface area contributed by atoms with Crippen LogP contribution in [-0.4, -0.2) is 58.4 Å². The average molecular weight is 393 g/mol. The number of para-hydroxylation sites is 1. The summed E-state index contributed by atoms with van der Waals surface area (Å²) in [7, 11) is 0. The number of carbonyl (C=O) groups excluding carboxylic acids is 2. The topological polar surface area (TPSA) is 75.9 Å². The van der Waals surface area contributed by atoms with Crippen molar-refractivity contribution in [1.82, 2.24) is 14.8 Å². The molecule has 7 heteroatoms. The lowest BCUT2D eigenvalue weighted by Gasteiger charge is -2.40. The first-order valence-corrected chi connectivity index (χ1v) is 9.68. The highest BCUT2D eigenvalue weighted by atomic mass is 16.5. The van der Waals surface area contributed by atoms with Gasteiger partial charge in [-0.25, -0.2) is 4.98 Å². The maximum Gasteiger partial charge on any atom is 0.263 e. The van der Waals surface area contributed by atoms with Crippen LogP contribution in [0.1, 0.15) is 24.2 Å². The van der Waals surface area contributed by atoms with Gasteiger partial charge in [-0.05, 0) is 38.1 Å². The monoisotopic (exact) mass is 393 g/mol. The Morgan fingerprint density at radius 3 is 2.69 bits per heavy atom. The minimum absolute atomic E-state index is 0.00782. The first-order chi connectivity index (χ1) is 14.0. The van der Waals surface area contributed by atoms with Crippen molar-refractivity contribution >= 4 is 22.9 Å². The van der Waals surface area contributed by atoms with Crippen molar-refractivity contribution in [3.8, 4) is 5.75 Å². The van der Waals surface area contributed by atoms with Gasteiger partial charge >= 0.3 is 0 Å². The second-order valence-corrected chi connectivity index (χ2v) is 7.21. The largest absolute Gasteiger partial charge is 0.478 e. The number of hydrogen-bond donors (Lipinski definition) is 0. The van der Waals surface area contributed by atoms with Crippen LogP contribution in [0.5, 0.6) is 5.75 Å². The molecule has 2 atom stereocenters. The number of oxazole rings is 1. The van der Waals surface area contributed by atoms with Crippen LogP contribution in [0.4, 0.5) is 0 Å². The molecule has 0 bridgehead atoms. The molecule has 29 heavy (non-hydrogen) atoms. The first kappa shape index (κ1) is 19.0. The van der Waals surface area contributed by atoms with Gasteiger partial charge in [0.2, 0.25) is 0 Å². The van der Waals surface area contributed by atoms with Gasteiger partial charge in [0.05, 0.1) is 0 Å². The maximum absolute atomic E-state index is 13.0. The fourth-order valence-electron chi connectivity index (χ4n) is 3.66. The van der Waals surface area contributed by atoms with E-state index in [1.54, 1.807) is 34.9 Å². The zero-order chi connectivity index (χ0) is 20.4. The minimum atomic E-state index is -0.670. The third-order valence-electron chi connectivity index (χ3n) is 5.19. The summed E-state index contributed by atoms with van der Waals surface area (Å²) in [5.41, 5.74) is 1.87. The van der Waals surface area contributed by atoms with Crippen molar-refractivity contribution in [1.29, 1.82) is 0 Å². The van der Waals surface area contributed by atoms with Crippen molar-refractivity contribution in [2.45, 2.75) is 26.0 Å². The predicted molar refractivity (Wildman–Crippen MR) is 108 cm³/mol. The Balaban J connectivity index is 1.40. The van der Waals surface area contributed by atoms with Gasteiger partial charge < -0.3 is 19.0 Å². The van der Waals surface area contributed by atoms with Gasteiger partial charge in [-0.2, -0.15) is 0 Å². The minimum Gasteiger partial charge on any atom is -0.478 e. The molecule has 2 amide bonds. The SMILES string of the molecule is CC(Oc1cccc2ocnc12)C(=O)N1CCN(C(=O)c2ccccc2)C[C@H]1C. The summed E-state index contributed by atoms with van der Waals surface area (Å²) in [6.07, 6.45) is 0.686. The van der Waals surface area contributed by atoms with E-state index in [2.05, 4.69) is 4.98 Å². The molecule has 3 aromatic rings.